The van der Waals surface area contributed by atoms with E-state index in [1.54, 1.807) is 0 Å². The summed E-state index contributed by atoms with van der Waals surface area (Å²) in [4.78, 5) is 26.4. The SMILES string of the molecule is NCCCC[C@@H](C=O)NC(=O)[C@H](N)Cc1c[nH]c2ccccc12. The van der Waals surface area contributed by atoms with Crippen LogP contribution in [0.2, 0.25) is 0 Å². The van der Waals surface area contributed by atoms with E-state index in [2.05, 4.69) is 10.3 Å². The second-order valence-corrected chi connectivity index (χ2v) is 5.71. The van der Waals surface area contributed by atoms with Crippen molar-refractivity contribution >= 4 is 23.1 Å². The van der Waals surface area contributed by atoms with Crippen LogP contribution < -0.4 is 16.8 Å². The molecule has 1 aromatic heterocycles. The highest BCUT2D eigenvalue weighted by atomic mass is 16.2. The predicted octanol–water partition coefficient (Wildman–Crippen LogP) is 0.850. The monoisotopic (exact) mass is 316 g/mol. The molecule has 0 fully saturated rings. The Balaban J connectivity index is 1.92. The van der Waals surface area contributed by atoms with E-state index < -0.39 is 12.1 Å². The van der Waals surface area contributed by atoms with E-state index in [4.69, 9.17) is 11.5 Å². The number of aromatic amines is 1. The van der Waals surface area contributed by atoms with E-state index in [1.165, 1.54) is 0 Å². The maximum Gasteiger partial charge on any atom is 0.237 e. The number of aldehydes is 1. The van der Waals surface area contributed by atoms with Crippen molar-refractivity contribution in [2.24, 2.45) is 11.5 Å². The zero-order valence-electron chi connectivity index (χ0n) is 13.1. The van der Waals surface area contributed by atoms with Crippen molar-refractivity contribution in [2.75, 3.05) is 6.54 Å². The zero-order valence-corrected chi connectivity index (χ0v) is 13.1. The number of nitrogens with two attached hydrogens (primary N) is 2. The number of aromatic nitrogens is 1. The molecule has 0 unspecified atom stereocenters. The minimum Gasteiger partial charge on any atom is -0.361 e. The van der Waals surface area contributed by atoms with Crippen LogP contribution in [0, 0.1) is 0 Å². The first-order valence-corrected chi connectivity index (χ1v) is 7.92. The van der Waals surface area contributed by atoms with E-state index >= 15 is 0 Å². The molecule has 6 heteroatoms. The molecule has 23 heavy (non-hydrogen) atoms. The summed E-state index contributed by atoms with van der Waals surface area (Å²) in [5.41, 5.74) is 13.4. The fourth-order valence-electron chi connectivity index (χ4n) is 2.60. The fourth-order valence-corrected chi connectivity index (χ4v) is 2.60. The van der Waals surface area contributed by atoms with Gasteiger partial charge in [-0.2, -0.15) is 0 Å². The van der Waals surface area contributed by atoms with Crippen molar-refractivity contribution in [3.63, 3.8) is 0 Å². The molecule has 1 amide bonds. The zero-order chi connectivity index (χ0) is 16.7. The van der Waals surface area contributed by atoms with Crippen LogP contribution in [0.1, 0.15) is 24.8 Å². The van der Waals surface area contributed by atoms with Crippen molar-refractivity contribution < 1.29 is 9.59 Å². The van der Waals surface area contributed by atoms with Gasteiger partial charge in [0.15, 0.2) is 0 Å². The highest BCUT2D eigenvalue weighted by molar-refractivity contribution is 5.87. The predicted molar refractivity (Wildman–Crippen MR) is 90.9 cm³/mol. The van der Waals surface area contributed by atoms with Gasteiger partial charge in [0.25, 0.3) is 0 Å². The van der Waals surface area contributed by atoms with E-state index in [0.29, 0.717) is 19.4 Å². The molecule has 124 valence electrons. The Morgan fingerprint density at radius 1 is 1.30 bits per heavy atom. The summed E-state index contributed by atoms with van der Waals surface area (Å²) in [6.07, 6.45) is 5.28. The molecular weight excluding hydrogens is 292 g/mol. The van der Waals surface area contributed by atoms with Crippen LogP contribution >= 0.6 is 0 Å². The quantitative estimate of drug-likeness (QED) is 0.405. The lowest BCUT2D eigenvalue weighted by Crippen LogP contribution is -2.47. The second-order valence-electron chi connectivity index (χ2n) is 5.71. The number of benzene rings is 1. The highest BCUT2D eigenvalue weighted by Crippen LogP contribution is 2.18. The number of rotatable bonds is 9. The van der Waals surface area contributed by atoms with Crippen LogP contribution in [0.15, 0.2) is 30.5 Å². The number of para-hydroxylation sites is 1. The smallest absolute Gasteiger partial charge is 0.237 e. The second kappa shape index (κ2) is 8.45. The molecule has 0 bridgehead atoms. The van der Waals surface area contributed by atoms with Gasteiger partial charge in [-0.1, -0.05) is 18.2 Å². The molecule has 1 heterocycles. The summed E-state index contributed by atoms with van der Waals surface area (Å²) < 4.78 is 0. The van der Waals surface area contributed by atoms with Crippen LogP contribution in [-0.2, 0) is 16.0 Å². The molecule has 0 saturated carbocycles. The van der Waals surface area contributed by atoms with Crippen LogP contribution in [0.25, 0.3) is 10.9 Å². The Kier molecular flexibility index (Phi) is 6.31. The van der Waals surface area contributed by atoms with Gasteiger partial charge >= 0.3 is 0 Å². The molecule has 0 aliphatic heterocycles. The van der Waals surface area contributed by atoms with Gasteiger partial charge in [0, 0.05) is 17.1 Å². The first kappa shape index (κ1) is 17.2. The highest BCUT2D eigenvalue weighted by Gasteiger charge is 2.19. The van der Waals surface area contributed by atoms with Crippen LogP contribution in [0.3, 0.4) is 0 Å². The Morgan fingerprint density at radius 3 is 2.83 bits per heavy atom. The molecule has 2 atom stereocenters. The first-order chi connectivity index (χ1) is 11.2. The summed E-state index contributed by atoms with van der Waals surface area (Å²) in [5, 5.41) is 3.76. The summed E-state index contributed by atoms with van der Waals surface area (Å²) >= 11 is 0. The summed E-state index contributed by atoms with van der Waals surface area (Å²) in [6, 6.07) is 6.68. The van der Waals surface area contributed by atoms with Gasteiger partial charge in [-0.15, -0.1) is 0 Å². The van der Waals surface area contributed by atoms with E-state index in [-0.39, 0.29) is 5.91 Å². The van der Waals surface area contributed by atoms with Gasteiger partial charge in [0.2, 0.25) is 5.91 Å². The largest absolute Gasteiger partial charge is 0.361 e. The van der Waals surface area contributed by atoms with Crippen LogP contribution in [-0.4, -0.2) is 35.8 Å². The van der Waals surface area contributed by atoms with Gasteiger partial charge in [0.1, 0.15) is 6.29 Å². The molecule has 2 rings (SSSR count). The minimum atomic E-state index is -0.689. The molecule has 0 aliphatic carbocycles. The normalized spacial score (nSPS) is 13.7. The fraction of sp³-hybridized carbons (Fsp3) is 0.412. The number of carbonyl (C=O) groups is 2. The summed E-state index contributed by atoms with van der Waals surface area (Å²) in [6.45, 7) is 0.583. The number of carbonyl (C=O) groups excluding carboxylic acids is 2. The third-order valence-corrected chi connectivity index (χ3v) is 3.91. The average molecular weight is 316 g/mol. The lowest BCUT2D eigenvalue weighted by Gasteiger charge is -2.16. The Morgan fingerprint density at radius 2 is 2.09 bits per heavy atom. The van der Waals surface area contributed by atoms with Crippen LogP contribution in [0.5, 0.6) is 0 Å². The first-order valence-electron chi connectivity index (χ1n) is 7.92. The summed E-state index contributed by atoms with van der Waals surface area (Å²) in [5.74, 6) is -0.305. The Labute approximate surface area is 135 Å². The molecule has 6 N–H and O–H groups in total. The maximum absolute atomic E-state index is 12.2. The van der Waals surface area contributed by atoms with E-state index in [9.17, 15) is 9.59 Å². The minimum absolute atomic E-state index is 0.305. The van der Waals surface area contributed by atoms with Crippen LogP contribution in [0.4, 0.5) is 0 Å². The van der Waals surface area contributed by atoms with Crippen molar-refractivity contribution in [3.05, 3.63) is 36.0 Å². The number of hydrogen-bond acceptors (Lipinski definition) is 4. The molecule has 0 radical (unpaired) electrons. The number of fused-ring (bicyclic) bond motifs is 1. The third kappa shape index (κ3) is 4.64. The molecule has 6 nitrogen and oxygen atoms in total. The van der Waals surface area contributed by atoms with Crippen molar-refractivity contribution in [1.29, 1.82) is 0 Å². The third-order valence-electron chi connectivity index (χ3n) is 3.91. The molecule has 0 saturated heterocycles. The van der Waals surface area contributed by atoms with Gasteiger partial charge < -0.3 is 26.6 Å². The number of nitrogens with one attached hydrogen (secondary N) is 2. The van der Waals surface area contributed by atoms with Gasteiger partial charge in [-0.25, -0.2) is 0 Å². The number of hydrogen-bond donors (Lipinski definition) is 4. The number of H-pyrrole nitrogens is 1. The topological polar surface area (TPSA) is 114 Å². The standard InChI is InChI=1S/C17H24N4O2/c18-8-4-3-5-13(11-22)21-17(23)15(19)9-12-10-20-16-7-2-1-6-14(12)16/h1-2,6-7,10-11,13,15,20H,3-5,8-9,18-19H2,(H,21,23)/t13-,15+/m0/s1. The lowest BCUT2D eigenvalue weighted by atomic mass is 10.0. The van der Waals surface area contributed by atoms with Gasteiger partial charge in [-0.05, 0) is 43.9 Å². The van der Waals surface area contributed by atoms with Crippen molar-refractivity contribution in [1.82, 2.24) is 10.3 Å². The van der Waals surface area contributed by atoms with Gasteiger partial charge in [0.05, 0.1) is 12.1 Å². The van der Waals surface area contributed by atoms with Crippen molar-refractivity contribution in [2.45, 2.75) is 37.8 Å². The number of amides is 1. The molecular formula is C17H24N4O2. The molecule has 0 aliphatic rings. The molecule has 0 spiro atoms. The van der Waals surface area contributed by atoms with Crippen molar-refractivity contribution in [3.8, 4) is 0 Å². The lowest BCUT2D eigenvalue weighted by molar-refractivity contribution is -0.125. The van der Waals surface area contributed by atoms with E-state index in [0.717, 1.165) is 35.6 Å². The Hall–Kier alpha value is -2.18. The Bertz CT molecular complexity index is 653. The summed E-state index contributed by atoms with van der Waals surface area (Å²) in [7, 11) is 0. The molecule has 2 aromatic rings. The van der Waals surface area contributed by atoms with E-state index in [1.807, 2.05) is 30.5 Å². The molecule has 1 aromatic carbocycles. The maximum atomic E-state index is 12.2. The number of unbranched alkanes of at least 4 members (excludes halogenated alkanes) is 1. The van der Waals surface area contributed by atoms with Gasteiger partial charge in [-0.3, -0.25) is 4.79 Å². The average Bonchev–Trinajstić information content (AvgIpc) is 2.97.